The highest BCUT2D eigenvalue weighted by Gasteiger charge is 2.35. The van der Waals surface area contributed by atoms with Crippen LogP contribution in [0.2, 0.25) is 0 Å². The molecular formula is C10H11F3N2. The maximum atomic E-state index is 12.3. The Hall–Kier alpha value is -1.26. The first kappa shape index (κ1) is 10.3. The number of nitrogens with two attached hydrogens (primary N) is 1. The van der Waals surface area contributed by atoms with E-state index in [0.29, 0.717) is 5.92 Å². The number of hydrogen-bond donors (Lipinski definition) is 1. The van der Waals surface area contributed by atoms with Gasteiger partial charge >= 0.3 is 6.18 Å². The first-order valence-corrected chi connectivity index (χ1v) is 4.81. The zero-order chi connectivity index (χ0) is 11.1. The molecule has 1 aromatic rings. The summed E-state index contributed by atoms with van der Waals surface area (Å²) in [6.07, 6.45) is 0.00972. The van der Waals surface area contributed by atoms with Crippen LogP contribution < -0.4 is 5.73 Å². The average Bonchev–Trinajstić information content (AvgIpc) is 1.97. The second-order valence-corrected chi connectivity index (χ2v) is 3.83. The molecule has 0 atom stereocenters. The van der Waals surface area contributed by atoms with Crippen LogP contribution in [0, 0.1) is 0 Å². The number of anilines is 1. The normalized spacial score (nSPS) is 17.5. The van der Waals surface area contributed by atoms with Crippen LogP contribution in [0.25, 0.3) is 0 Å². The molecule has 0 spiro atoms. The Morgan fingerprint density at radius 1 is 1.33 bits per heavy atom. The molecule has 2 rings (SSSR count). The van der Waals surface area contributed by atoms with Crippen molar-refractivity contribution < 1.29 is 13.2 Å². The molecule has 0 unspecified atom stereocenters. The van der Waals surface area contributed by atoms with Crippen LogP contribution in [0.4, 0.5) is 18.9 Å². The maximum Gasteiger partial charge on any atom is 0.435 e. The number of nitrogens with zero attached hydrogens (tertiary/aromatic N) is 1. The van der Waals surface area contributed by atoms with Gasteiger partial charge in [0.1, 0.15) is 0 Å². The molecule has 1 aliphatic carbocycles. The van der Waals surface area contributed by atoms with Gasteiger partial charge in [0.05, 0.1) is 5.69 Å². The van der Waals surface area contributed by atoms with Crippen molar-refractivity contribution in [3.8, 4) is 0 Å². The van der Waals surface area contributed by atoms with Gasteiger partial charge in [0, 0.05) is 6.20 Å². The molecule has 2 nitrogen and oxygen atoms in total. The van der Waals surface area contributed by atoms with E-state index in [1.54, 1.807) is 0 Å². The average molecular weight is 216 g/mol. The Labute approximate surface area is 85.3 Å². The summed E-state index contributed by atoms with van der Waals surface area (Å²) in [5.41, 5.74) is 4.91. The lowest BCUT2D eigenvalue weighted by molar-refractivity contribution is -0.140. The highest BCUT2D eigenvalue weighted by Crippen LogP contribution is 2.38. The third kappa shape index (κ3) is 1.91. The van der Waals surface area contributed by atoms with Crippen LogP contribution in [0.5, 0.6) is 0 Å². The summed E-state index contributed by atoms with van der Waals surface area (Å²) in [6.45, 7) is 0. The van der Waals surface area contributed by atoms with Crippen molar-refractivity contribution >= 4 is 5.69 Å². The number of rotatable bonds is 1. The van der Waals surface area contributed by atoms with Gasteiger partial charge in [-0.3, -0.25) is 0 Å². The van der Waals surface area contributed by atoms with Crippen LogP contribution in [0.3, 0.4) is 0 Å². The van der Waals surface area contributed by atoms with Crippen molar-refractivity contribution in [2.24, 2.45) is 0 Å². The highest BCUT2D eigenvalue weighted by molar-refractivity contribution is 5.47. The third-order valence-corrected chi connectivity index (χ3v) is 2.78. The van der Waals surface area contributed by atoms with Crippen molar-refractivity contribution in [2.45, 2.75) is 31.4 Å². The third-order valence-electron chi connectivity index (χ3n) is 2.78. The smallest absolute Gasteiger partial charge is 0.397 e. The fourth-order valence-electron chi connectivity index (χ4n) is 1.70. The lowest BCUT2D eigenvalue weighted by atomic mass is 9.80. The van der Waals surface area contributed by atoms with Crippen molar-refractivity contribution in [1.82, 2.24) is 4.98 Å². The van der Waals surface area contributed by atoms with E-state index >= 15 is 0 Å². The fourth-order valence-corrected chi connectivity index (χ4v) is 1.70. The Kier molecular flexibility index (Phi) is 2.32. The quantitative estimate of drug-likeness (QED) is 0.783. The lowest BCUT2D eigenvalue weighted by Gasteiger charge is -2.26. The fraction of sp³-hybridized carbons (Fsp3) is 0.500. The van der Waals surface area contributed by atoms with Gasteiger partial charge in [-0.05, 0) is 30.4 Å². The van der Waals surface area contributed by atoms with Gasteiger partial charge < -0.3 is 5.73 Å². The van der Waals surface area contributed by atoms with E-state index < -0.39 is 11.9 Å². The molecule has 0 aromatic carbocycles. The summed E-state index contributed by atoms with van der Waals surface area (Å²) in [4.78, 5) is 3.40. The Morgan fingerprint density at radius 3 is 2.40 bits per heavy atom. The van der Waals surface area contributed by atoms with E-state index in [2.05, 4.69) is 4.98 Å². The van der Waals surface area contributed by atoms with Gasteiger partial charge in [0.25, 0.3) is 0 Å². The molecule has 0 saturated heterocycles. The van der Waals surface area contributed by atoms with Gasteiger partial charge in [-0.25, -0.2) is 4.98 Å². The van der Waals surface area contributed by atoms with Crippen LogP contribution >= 0.6 is 0 Å². The van der Waals surface area contributed by atoms with E-state index in [0.717, 1.165) is 24.8 Å². The lowest BCUT2D eigenvalue weighted by Crippen LogP contribution is -2.14. The zero-order valence-corrected chi connectivity index (χ0v) is 8.01. The second kappa shape index (κ2) is 3.40. The highest BCUT2D eigenvalue weighted by atomic mass is 19.4. The molecule has 0 aliphatic heterocycles. The number of nitrogen functional groups attached to an aromatic ring is 1. The Bertz CT molecular complexity index is 369. The molecule has 1 saturated carbocycles. The summed E-state index contributed by atoms with van der Waals surface area (Å²) < 4.78 is 37.0. The molecule has 1 aliphatic rings. The first-order valence-electron chi connectivity index (χ1n) is 4.81. The van der Waals surface area contributed by atoms with E-state index in [1.165, 1.54) is 12.3 Å². The summed E-state index contributed by atoms with van der Waals surface area (Å²) in [7, 11) is 0. The number of pyridine rings is 1. The minimum atomic E-state index is -4.46. The maximum absolute atomic E-state index is 12.3. The molecule has 5 heteroatoms. The van der Waals surface area contributed by atoms with E-state index in [1.807, 2.05) is 0 Å². The minimum absolute atomic E-state index is 0.271. The van der Waals surface area contributed by atoms with Gasteiger partial charge in [-0.15, -0.1) is 0 Å². The summed E-state index contributed by atoms with van der Waals surface area (Å²) in [5, 5.41) is 0. The van der Waals surface area contributed by atoms with Gasteiger partial charge in [-0.1, -0.05) is 6.42 Å². The molecule has 2 N–H and O–H groups in total. The zero-order valence-electron chi connectivity index (χ0n) is 8.01. The molecule has 1 aromatic heterocycles. The summed E-state index contributed by atoms with van der Waals surface area (Å²) in [5.74, 6) is 0.349. The van der Waals surface area contributed by atoms with Crippen molar-refractivity contribution in [3.63, 3.8) is 0 Å². The van der Waals surface area contributed by atoms with Crippen molar-refractivity contribution in [3.05, 3.63) is 23.5 Å². The number of aromatic nitrogens is 1. The minimum Gasteiger partial charge on any atom is -0.397 e. The Morgan fingerprint density at radius 2 is 2.00 bits per heavy atom. The van der Waals surface area contributed by atoms with Gasteiger partial charge in [0.2, 0.25) is 0 Å². The molecule has 0 radical (unpaired) electrons. The molecule has 1 fully saturated rings. The SMILES string of the molecule is Nc1cc(C2CCC2)cnc1C(F)(F)F. The van der Waals surface area contributed by atoms with Crippen LogP contribution in [0.15, 0.2) is 12.3 Å². The molecule has 82 valence electrons. The predicted octanol–water partition coefficient (Wildman–Crippen LogP) is 2.95. The molecule has 0 amide bonds. The van der Waals surface area contributed by atoms with Gasteiger partial charge in [0.15, 0.2) is 5.69 Å². The molecule has 1 heterocycles. The largest absolute Gasteiger partial charge is 0.435 e. The molecule has 0 bridgehead atoms. The van der Waals surface area contributed by atoms with Gasteiger partial charge in [-0.2, -0.15) is 13.2 Å². The summed E-state index contributed by atoms with van der Waals surface area (Å²) in [6, 6.07) is 1.40. The van der Waals surface area contributed by atoms with Crippen LogP contribution in [-0.4, -0.2) is 4.98 Å². The molecular weight excluding hydrogens is 205 g/mol. The van der Waals surface area contributed by atoms with Crippen LogP contribution in [0.1, 0.15) is 36.4 Å². The standard InChI is InChI=1S/C10H11F3N2/c11-10(12,13)9-8(14)4-7(5-15-9)6-2-1-3-6/h4-6H,1-3,14H2. The predicted molar refractivity (Wildman–Crippen MR) is 50.2 cm³/mol. The van der Waals surface area contributed by atoms with Crippen molar-refractivity contribution in [2.75, 3.05) is 5.73 Å². The van der Waals surface area contributed by atoms with Crippen LogP contribution in [-0.2, 0) is 6.18 Å². The number of hydrogen-bond acceptors (Lipinski definition) is 2. The topological polar surface area (TPSA) is 38.9 Å². The van der Waals surface area contributed by atoms with E-state index in [4.69, 9.17) is 5.73 Å². The Balaban J connectivity index is 2.30. The van der Waals surface area contributed by atoms with Crippen molar-refractivity contribution in [1.29, 1.82) is 0 Å². The first-order chi connectivity index (χ1) is 6.98. The molecule has 15 heavy (non-hydrogen) atoms. The number of alkyl halides is 3. The van der Waals surface area contributed by atoms with E-state index in [-0.39, 0.29) is 5.69 Å². The summed E-state index contributed by atoms with van der Waals surface area (Å²) >= 11 is 0. The second-order valence-electron chi connectivity index (χ2n) is 3.83. The van der Waals surface area contributed by atoms with E-state index in [9.17, 15) is 13.2 Å². The monoisotopic (exact) mass is 216 g/mol. The number of halogens is 3.